The number of nitrogens with one attached hydrogen (secondary N) is 1. The normalized spacial score (nSPS) is 13.5. The Labute approximate surface area is 129 Å². The highest BCUT2D eigenvalue weighted by atomic mass is 35.5. The molecule has 0 aliphatic heterocycles. The summed E-state index contributed by atoms with van der Waals surface area (Å²) >= 11 is 5.82. The van der Waals surface area contributed by atoms with Gasteiger partial charge in [-0.05, 0) is 43.7 Å². The van der Waals surface area contributed by atoms with Crippen molar-refractivity contribution in [2.75, 3.05) is 0 Å². The lowest BCUT2D eigenvalue weighted by atomic mass is 10.0. The van der Waals surface area contributed by atoms with Crippen LogP contribution in [-0.4, -0.2) is 17.1 Å². The van der Waals surface area contributed by atoms with Gasteiger partial charge in [-0.15, -0.1) is 0 Å². The first-order valence-electron chi connectivity index (χ1n) is 6.78. The van der Waals surface area contributed by atoms with Gasteiger partial charge in [-0.1, -0.05) is 41.4 Å². The van der Waals surface area contributed by atoms with Gasteiger partial charge in [0.1, 0.15) is 0 Å². The molecule has 4 heteroatoms. The minimum absolute atomic E-state index is 0.199. The van der Waals surface area contributed by atoms with Crippen molar-refractivity contribution in [1.82, 2.24) is 5.32 Å². The Morgan fingerprint density at radius 2 is 1.67 bits per heavy atom. The van der Waals surface area contributed by atoms with Gasteiger partial charge in [-0.3, -0.25) is 4.79 Å². The summed E-state index contributed by atoms with van der Waals surface area (Å²) in [6.07, 6.45) is -0.781. The molecule has 0 heterocycles. The average molecular weight is 304 g/mol. The van der Waals surface area contributed by atoms with Crippen molar-refractivity contribution in [1.29, 1.82) is 0 Å². The van der Waals surface area contributed by atoms with Crippen LogP contribution in [0.2, 0.25) is 5.02 Å². The van der Waals surface area contributed by atoms with E-state index in [4.69, 9.17) is 11.6 Å². The van der Waals surface area contributed by atoms with Crippen LogP contribution in [0.25, 0.3) is 0 Å². The van der Waals surface area contributed by atoms with Crippen LogP contribution in [0, 0.1) is 6.92 Å². The molecule has 0 aromatic heterocycles. The molecule has 1 amide bonds. The van der Waals surface area contributed by atoms with Gasteiger partial charge >= 0.3 is 0 Å². The van der Waals surface area contributed by atoms with Crippen molar-refractivity contribution >= 4 is 17.5 Å². The van der Waals surface area contributed by atoms with Crippen molar-refractivity contribution < 1.29 is 9.90 Å². The summed E-state index contributed by atoms with van der Waals surface area (Å²) in [6, 6.07) is 13.8. The van der Waals surface area contributed by atoms with E-state index in [1.807, 2.05) is 19.1 Å². The van der Waals surface area contributed by atoms with Crippen molar-refractivity contribution in [2.24, 2.45) is 0 Å². The number of carbonyl (C=O) groups excluding carboxylic acids is 1. The summed E-state index contributed by atoms with van der Waals surface area (Å²) in [5.41, 5.74) is 2.40. The summed E-state index contributed by atoms with van der Waals surface area (Å²) in [5.74, 6) is -0.199. The summed E-state index contributed by atoms with van der Waals surface area (Å²) in [6.45, 7) is 3.74. The zero-order valence-electron chi connectivity index (χ0n) is 12.0. The summed E-state index contributed by atoms with van der Waals surface area (Å²) < 4.78 is 0. The van der Waals surface area contributed by atoms with E-state index < -0.39 is 12.1 Å². The van der Waals surface area contributed by atoms with Gasteiger partial charge in [-0.25, -0.2) is 0 Å². The van der Waals surface area contributed by atoms with Crippen LogP contribution in [0.4, 0.5) is 0 Å². The van der Waals surface area contributed by atoms with Gasteiger partial charge in [0.05, 0.1) is 12.1 Å². The number of carbonyl (C=O) groups is 1. The Kier molecular flexibility index (Phi) is 4.99. The molecular weight excluding hydrogens is 286 g/mol. The van der Waals surface area contributed by atoms with Gasteiger partial charge in [0.15, 0.2) is 0 Å². The fraction of sp³-hybridized carbons (Fsp3) is 0.235. The van der Waals surface area contributed by atoms with E-state index in [0.717, 1.165) is 11.1 Å². The van der Waals surface area contributed by atoms with E-state index in [1.54, 1.807) is 43.3 Å². The fourth-order valence-electron chi connectivity index (χ4n) is 2.02. The molecule has 2 aromatic rings. The molecule has 21 heavy (non-hydrogen) atoms. The molecule has 0 spiro atoms. The maximum absolute atomic E-state index is 12.1. The maximum atomic E-state index is 12.1. The minimum Gasteiger partial charge on any atom is -0.386 e. The third-order valence-corrected chi connectivity index (χ3v) is 3.61. The van der Waals surface area contributed by atoms with Crippen LogP contribution in [0.5, 0.6) is 0 Å². The van der Waals surface area contributed by atoms with E-state index in [0.29, 0.717) is 10.6 Å². The van der Waals surface area contributed by atoms with Crippen LogP contribution < -0.4 is 5.32 Å². The van der Waals surface area contributed by atoms with Gasteiger partial charge in [0, 0.05) is 10.6 Å². The number of aliphatic hydroxyl groups is 1. The predicted octanol–water partition coefficient (Wildman–Crippen LogP) is 3.50. The molecule has 0 saturated carbocycles. The van der Waals surface area contributed by atoms with E-state index >= 15 is 0 Å². The molecule has 2 N–H and O–H groups in total. The standard InChI is InChI=1S/C17H18ClNO2/c1-11-3-5-14(6-4-11)17(21)19-12(2)16(20)13-7-9-15(18)10-8-13/h3-10,12,16,20H,1-2H3,(H,19,21). The molecule has 0 fully saturated rings. The first-order valence-corrected chi connectivity index (χ1v) is 7.16. The second kappa shape index (κ2) is 6.74. The highest BCUT2D eigenvalue weighted by Crippen LogP contribution is 2.19. The first-order chi connectivity index (χ1) is 9.97. The highest BCUT2D eigenvalue weighted by Gasteiger charge is 2.19. The number of rotatable bonds is 4. The highest BCUT2D eigenvalue weighted by molar-refractivity contribution is 6.30. The molecule has 2 rings (SSSR count). The predicted molar refractivity (Wildman–Crippen MR) is 84.5 cm³/mol. The van der Waals surface area contributed by atoms with Gasteiger partial charge in [-0.2, -0.15) is 0 Å². The van der Waals surface area contributed by atoms with Crippen LogP contribution in [-0.2, 0) is 0 Å². The number of benzene rings is 2. The smallest absolute Gasteiger partial charge is 0.251 e. The molecule has 0 aliphatic carbocycles. The summed E-state index contributed by atoms with van der Waals surface area (Å²) in [7, 11) is 0. The molecule has 2 atom stereocenters. The Morgan fingerprint density at radius 3 is 2.24 bits per heavy atom. The lowest BCUT2D eigenvalue weighted by molar-refractivity contribution is 0.0852. The van der Waals surface area contributed by atoms with Crippen molar-refractivity contribution in [2.45, 2.75) is 26.0 Å². The monoisotopic (exact) mass is 303 g/mol. The van der Waals surface area contributed by atoms with Crippen molar-refractivity contribution in [3.63, 3.8) is 0 Å². The van der Waals surface area contributed by atoms with Gasteiger partial charge in [0.25, 0.3) is 5.91 Å². The molecule has 2 aromatic carbocycles. The van der Waals surface area contributed by atoms with E-state index in [-0.39, 0.29) is 5.91 Å². The number of aryl methyl sites for hydroxylation is 1. The molecule has 110 valence electrons. The Morgan fingerprint density at radius 1 is 1.10 bits per heavy atom. The Bertz CT molecular complexity index is 608. The largest absolute Gasteiger partial charge is 0.386 e. The van der Waals surface area contributed by atoms with Crippen LogP contribution in [0.15, 0.2) is 48.5 Å². The number of amides is 1. The number of aliphatic hydroxyl groups excluding tert-OH is 1. The van der Waals surface area contributed by atoms with E-state index in [9.17, 15) is 9.90 Å². The van der Waals surface area contributed by atoms with Gasteiger partial charge in [0.2, 0.25) is 0 Å². The maximum Gasteiger partial charge on any atom is 0.251 e. The summed E-state index contributed by atoms with van der Waals surface area (Å²) in [4.78, 5) is 12.1. The van der Waals surface area contributed by atoms with Crippen LogP contribution in [0.3, 0.4) is 0 Å². The van der Waals surface area contributed by atoms with Gasteiger partial charge < -0.3 is 10.4 Å². The quantitative estimate of drug-likeness (QED) is 0.908. The molecule has 3 nitrogen and oxygen atoms in total. The molecule has 0 aliphatic rings. The van der Waals surface area contributed by atoms with Crippen molar-refractivity contribution in [3.8, 4) is 0 Å². The molecular formula is C17H18ClNO2. The lowest BCUT2D eigenvalue weighted by Gasteiger charge is -2.20. The third kappa shape index (κ3) is 4.06. The Hall–Kier alpha value is -1.84. The van der Waals surface area contributed by atoms with E-state index in [1.165, 1.54) is 0 Å². The zero-order valence-corrected chi connectivity index (χ0v) is 12.8. The summed E-state index contributed by atoms with van der Waals surface area (Å²) in [5, 5.41) is 13.7. The third-order valence-electron chi connectivity index (χ3n) is 3.36. The SMILES string of the molecule is Cc1ccc(C(=O)NC(C)C(O)c2ccc(Cl)cc2)cc1. The lowest BCUT2D eigenvalue weighted by Crippen LogP contribution is -2.37. The average Bonchev–Trinajstić information content (AvgIpc) is 2.47. The number of hydrogen-bond donors (Lipinski definition) is 2. The van der Waals surface area contributed by atoms with Crippen LogP contribution >= 0.6 is 11.6 Å². The fourth-order valence-corrected chi connectivity index (χ4v) is 2.15. The molecule has 2 unspecified atom stereocenters. The van der Waals surface area contributed by atoms with Crippen LogP contribution in [0.1, 0.15) is 34.5 Å². The minimum atomic E-state index is -0.781. The number of hydrogen-bond acceptors (Lipinski definition) is 2. The second-order valence-electron chi connectivity index (χ2n) is 5.12. The Balaban J connectivity index is 2.03. The van der Waals surface area contributed by atoms with Crippen molar-refractivity contribution in [3.05, 3.63) is 70.2 Å². The molecule has 0 bridgehead atoms. The van der Waals surface area contributed by atoms with E-state index in [2.05, 4.69) is 5.32 Å². The zero-order chi connectivity index (χ0) is 15.4. The number of halogens is 1. The topological polar surface area (TPSA) is 49.3 Å². The second-order valence-corrected chi connectivity index (χ2v) is 5.56. The first kappa shape index (κ1) is 15.5. The molecule has 0 radical (unpaired) electrons. The molecule has 0 saturated heterocycles.